The average Bonchev–Trinajstić information content (AvgIpc) is 2.30. The van der Waals surface area contributed by atoms with Gasteiger partial charge in [0.05, 0.1) is 0 Å². The first-order valence-corrected chi connectivity index (χ1v) is 3.75. The second kappa shape index (κ2) is 2.97. The van der Waals surface area contributed by atoms with Crippen LogP contribution in [0.2, 0.25) is 0 Å². The molecular weight excluding hydrogens is 164 g/mol. The SMILES string of the molecule is CC(C)N1N=CN(C#N)C1Cl. The highest BCUT2D eigenvalue weighted by atomic mass is 35.5. The lowest BCUT2D eigenvalue weighted by molar-refractivity contribution is 0.186. The van der Waals surface area contributed by atoms with E-state index in [0.717, 1.165) is 0 Å². The zero-order valence-corrected chi connectivity index (χ0v) is 7.15. The number of hydrogen-bond acceptors (Lipinski definition) is 4. The maximum Gasteiger partial charge on any atom is 0.208 e. The summed E-state index contributed by atoms with van der Waals surface area (Å²) in [7, 11) is 0. The van der Waals surface area contributed by atoms with E-state index in [9.17, 15) is 0 Å². The summed E-state index contributed by atoms with van der Waals surface area (Å²) in [5.41, 5.74) is -0.458. The number of hydrazone groups is 1. The van der Waals surface area contributed by atoms with Gasteiger partial charge in [-0.25, -0.2) is 4.90 Å². The normalized spacial score (nSPS) is 23.0. The van der Waals surface area contributed by atoms with Gasteiger partial charge in [0.1, 0.15) is 6.34 Å². The van der Waals surface area contributed by atoms with E-state index < -0.39 is 5.62 Å². The third-order valence-electron chi connectivity index (χ3n) is 1.40. The number of alkyl halides is 1. The topological polar surface area (TPSA) is 42.6 Å². The number of hydrogen-bond donors (Lipinski definition) is 0. The van der Waals surface area contributed by atoms with E-state index in [1.54, 1.807) is 5.01 Å². The Labute approximate surface area is 70.6 Å². The van der Waals surface area contributed by atoms with Crippen molar-refractivity contribution in [3.05, 3.63) is 0 Å². The van der Waals surface area contributed by atoms with Gasteiger partial charge in [0.25, 0.3) is 0 Å². The summed E-state index contributed by atoms with van der Waals surface area (Å²) < 4.78 is 0. The van der Waals surface area contributed by atoms with E-state index in [-0.39, 0.29) is 6.04 Å². The van der Waals surface area contributed by atoms with E-state index in [1.807, 2.05) is 20.0 Å². The van der Waals surface area contributed by atoms with E-state index in [1.165, 1.54) is 11.2 Å². The molecule has 5 heteroatoms. The van der Waals surface area contributed by atoms with E-state index in [2.05, 4.69) is 5.10 Å². The lowest BCUT2D eigenvalue weighted by Crippen LogP contribution is -2.36. The Balaban J connectivity index is 2.65. The molecule has 1 unspecified atom stereocenters. The predicted molar refractivity (Wildman–Crippen MR) is 42.6 cm³/mol. The van der Waals surface area contributed by atoms with Crippen LogP contribution in [0.4, 0.5) is 0 Å². The number of nitriles is 1. The quantitative estimate of drug-likeness (QED) is 0.336. The van der Waals surface area contributed by atoms with Crippen molar-refractivity contribution in [3.8, 4) is 6.19 Å². The molecule has 1 rings (SSSR count). The average molecular weight is 173 g/mol. The standard InChI is InChI=1S/C6H9ClN4/c1-5(2)11-6(7)10(3-8)4-9-11/h4-6H,1-2H3. The summed E-state index contributed by atoms with van der Waals surface area (Å²) in [6.45, 7) is 3.93. The molecule has 0 aromatic heterocycles. The summed E-state index contributed by atoms with van der Waals surface area (Å²) in [6, 6.07) is 0.215. The second-order valence-corrected chi connectivity index (χ2v) is 2.91. The van der Waals surface area contributed by atoms with Gasteiger partial charge in [-0.1, -0.05) is 11.6 Å². The van der Waals surface area contributed by atoms with Gasteiger partial charge in [0.2, 0.25) is 5.62 Å². The van der Waals surface area contributed by atoms with Crippen LogP contribution < -0.4 is 0 Å². The zero-order chi connectivity index (χ0) is 8.43. The molecular formula is C6H9ClN4. The maximum absolute atomic E-state index is 8.51. The minimum Gasteiger partial charge on any atom is -0.255 e. The highest BCUT2D eigenvalue weighted by Gasteiger charge is 2.27. The molecule has 4 nitrogen and oxygen atoms in total. The van der Waals surface area contributed by atoms with Crippen molar-refractivity contribution in [2.45, 2.75) is 25.5 Å². The summed E-state index contributed by atoms with van der Waals surface area (Å²) in [5.74, 6) is 0. The summed E-state index contributed by atoms with van der Waals surface area (Å²) >= 11 is 5.84. The van der Waals surface area contributed by atoms with Crippen molar-refractivity contribution in [1.29, 1.82) is 5.26 Å². The van der Waals surface area contributed by atoms with Crippen LogP contribution in [0.25, 0.3) is 0 Å². The lowest BCUT2D eigenvalue weighted by atomic mass is 10.4. The van der Waals surface area contributed by atoms with Crippen molar-refractivity contribution in [1.82, 2.24) is 9.91 Å². The van der Waals surface area contributed by atoms with Crippen LogP contribution in [0.15, 0.2) is 5.10 Å². The van der Waals surface area contributed by atoms with Gasteiger partial charge in [-0.15, -0.1) is 0 Å². The maximum atomic E-state index is 8.51. The third-order valence-corrected chi connectivity index (χ3v) is 1.81. The largest absolute Gasteiger partial charge is 0.255 e. The molecule has 1 atom stereocenters. The zero-order valence-electron chi connectivity index (χ0n) is 6.40. The van der Waals surface area contributed by atoms with Crippen molar-refractivity contribution in [2.75, 3.05) is 0 Å². The Hall–Kier alpha value is -0.950. The van der Waals surface area contributed by atoms with Crippen LogP contribution in [0.3, 0.4) is 0 Å². The van der Waals surface area contributed by atoms with Crippen LogP contribution in [0.5, 0.6) is 0 Å². The molecule has 1 aliphatic rings. The van der Waals surface area contributed by atoms with Gasteiger partial charge < -0.3 is 0 Å². The minimum absolute atomic E-state index is 0.215. The molecule has 11 heavy (non-hydrogen) atoms. The lowest BCUT2D eigenvalue weighted by Gasteiger charge is -2.23. The molecule has 0 aromatic carbocycles. The fourth-order valence-corrected chi connectivity index (χ4v) is 1.18. The van der Waals surface area contributed by atoms with Gasteiger partial charge >= 0.3 is 0 Å². The van der Waals surface area contributed by atoms with Gasteiger partial charge in [0, 0.05) is 6.04 Å². The Morgan fingerprint density at radius 2 is 2.36 bits per heavy atom. The molecule has 0 amide bonds. The molecule has 0 saturated carbocycles. The van der Waals surface area contributed by atoms with Crippen LogP contribution in [-0.2, 0) is 0 Å². The highest BCUT2D eigenvalue weighted by Crippen LogP contribution is 2.17. The van der Waals surface area contributed by atoms with Crippen LogP contribution in [0, 0.1) is 11.5 Å². The van der Waals surface area contributed by atoms with Crippen molar-refractivity contribution >= 4 is 17.9 Å². The van der Waals surface area contributed by atoms with Crippen LogP contribution >= 0.6 is 11.6 Å². The van der Waals surface area contributed by atoms with E-state index in [4.69, 9.17) is 16.9 Å². The summed E-state index contributed by atoms with van der Waals surface area (Å²) in [5, 5.41) is 14.1. The van der Waals surface area contributed by atoms with Gasteiger partial charge in [-0.2, -0.15) is 10.4 Å². The molecule has 0 aliphatic carbocycles. The van der Waals surface area contributed by atoms with Gasteiger partial charge in [-0.3, -0.25) is 5.01 Å². The fraction of sp³-hybridized carbons (Fsp3) is 0.667. The Bertz CT molecular complexity index is 207. The smallest absolute Gasteiger partial charge is 0.208 e. The Kier molecular flexibility index (Phi) is 2.20. The molecule has 0 N–H and O–H groups in total. The highest BCUT2D eigenvalue weighted by molar-refractivity contribution is 6.21. The van der Waals surface area contributed by atoms with Gasteiger partial charge in [-0.05, 0) is 13.8 Å². The number of rotatable bonds is 1. The molecule has 0 aromatic rings. The Morgan fingerprint density at radius 3 is 2.64 bits per heavy atom. The van der Waals surface area contributed by atoms with Gasteiger partial charge in [0.15, 0.2) is 6.19 Å². The molecule has 1 heterocycles. The predicted octanol–water partition coefficient (Wildman–Crippen LogP) is 0.959. The molecule has 60 valence electrons. The summed E-state index contributed by atoms with van der Waals surface area (Å²) in [4.78, 5) is 1.29. The van der Waals surface area contributed by atoms with E-state index in [0.29, 0.717) is 0 Å². The molecule has 0 radical (unpaired) electrons. The minimum atomic E-state index is -0.458. The number of halogens is 1. The van der Waals surface area contributed by atoms with Crippen molar-refractivity contribution in [3.63, 3.8) is 0 Å². The van der Waals surface area contributed by atoms with Crippen molar-refractivity contribution in [2.24, 2.45) is 5.10 Å². The number of nitrogens with zero attached hydrogens (tertiary/aromatic N) is 4. The summed E-state index contributed by atoms with van der Waals surface area (Å²) in [6.07, 6.45) is 3.34. The van der Waals surface area contributed by atoms with Crippen molar-refractivity contribution < 1.29 is 0 Å². The van der Waals surface area contributed by atoms with Crippen LogP contribution in [0.1, 0.15) is 13.8 Å². The molecule has 0 spiro atoms. The fourth-order valence-electron chi connectivity index (χ4n) is 0.806. The molecule has 0 fully saturated rings. The second-order valence-electron chi connectivity index (χ2n) is 2.52. The molecule has 0 saturated heterocycles. The third kappa shape index (κ3) is 1.38. The molecule has 1 aliphatic heterocycles. The van der Waals surface area contributed by atoms with Crippen LogP contribution in [-0.4, -0.2) is 27.9 Å². The molecule has 0 bridgehead atoms. The first-order valence-electron chi connectivity index (χ1n) is 3.31. The Morgan fingerprint density at radius 1 is 1.73 bits per heavy atom. The first kappa shape index (κ1) is 8.15. The monoisotopic (exact) mass is 172 g/mol. The first-order chi connectivity index (χ1) is 5.16. The van der Waals surface area contributed by atoms with E-state index >= 15 is 0 Å².